The highest BCUT2D eigenvalue weighted by atomic mass is 32.2. The van der Waals surface area contributed by atoms with E-state index in [1.165, 1.54) is 19.2 Å². The number of hydrogen-bond acceptors (Lipinski definition) is 7. The molecule has 0 unspecified atom stereocenters. The minimum absolute atomic E-state index is 0.0357. The van der Waals surface area contributed by atoms with Crippen LogP contribution >= 0.6 is 11.8 Å². The third-order valence-corrected chi connectivity index (χ3v) is 5.85. The number of nitrogens with one attached hydrogen (secondary N) is 1. The van der Waals surface area contributed by atoms with Crippen molar-refractivity contribution in [1.29, 1.82) is 0 Å². The van der Waals surface area contributed by atoms with Crippen LogP contribution in [0.15, 0.2) is 71.8 Å². The van der Waals surface area contributed by atoms with Gasteiger partial charge >= 0.3 is 0 Å². The van der Waals surface area contributed by atoms with Gasteiger partial charge in [0.05, 0.1) is 16.9 Å². The molecule has 4 rings (SSSR count). The second-order valence-corrected chi connectivity index (χ2v) is 8.11. The van der Waals surface area contributed by atoms with Gasteiger partial charge < -0.3 is 14.6 Å². The van der Waals surface area contributed by atoms with Crippen molar-refractivity contribution in [3.8, 4) is 11.4 Å². The number of nitro groups is 1. The number of aromatic nitrogens is 1. The number of nitrogens with zero attached hydrogens (tertiary/aromatic N) is 3. The van der Waals surface area contributed by atoms with Crippen LogP contribution < -0.4 is 10.1 Å². The quantitative estimate of drug-likeness (QED) is 0.308. The summed E-state index contributed by atoms with van der Waals surface area (Å²) in [4.78, 5) is 49.1. The molecule has 2 heterocycles. The van der Waals surface area contributed by atoms with Crippen LogP contribution in [0.1, 0.15) is 5.69 Å². The second kappa shape index (κ2) is 9.63. The first-order valence-electron chi connectivity index (χ1n) is 9.97. The minimum atomic E-state index is -0.573. The molecule has 0 spiro atoms. The van der Waals surface area contributed by atoms with E-state index in [0.29, 0.717) is 22.8 Å². The van der Waals surface area contributed by atoms with Crippen molar-refractivity contribution in [3.05, 3.63) is 87.6 Å². The molecule has 3 amide bonds. The van der Waals surface area contributed by atoms with Gasteiger partial charge in [-0.25, -0.2) is 0 Å². The molecule has 1 saturated heterocycles. The highest BCUT2D eigenvalue weighted by Crippen LogP contribution is 2.32. The Morgan fingerprint density at radius 1 is 1.12 bits per heavy atom. The van der Waals surface area contributed by atoms with Gasteiger partial charge in [0.15, 0.2) is 0 Å². The van der Waals surface area contributed by atoms with E-state index >= 15 is 0 Å². The molecule has 3 aromatic rings. The molecule has 0 atom stereocenters. The van der Waals surface area contributed by atoms with Crippen LogP contribution in [0.3, 0.4) is 0 Å². The summed E-state index contributed by atoms with van der Waals surface area (Å²) in [6.07, 6.45) is 3.28. The molecular formula is C23H18N4O6S. The van der Waals surface area contributed by atoms with E-state index in [4.69, 9.17) is 4.74 Å². The number of methoxy groups -OCH3 is 1. The van der Waals surface area contributed by atoms with E-state index in [0.717, 1.165) is 16.7 Å². The van der Waals surface area contributed by atoms with Crippen LogP contribution in [-0.4, -0.2) is 45.1 Å². The summed E-state index contributed by atoms with van der Waals surface area (Å²) in [5.74, 6) is -0.452. The van der Waals surface area contributed by atoms with Crippen molar-refractivity contribution in [2.75, 3.05) is 19.0 Å². The summed E-state index contributed by atoms with van der Waals surface area (Å²) in [6, 6.07) is 16.1. The number of benzene rings is 2. The molecule has 0 bridgehead atoms. The van der Waals surface area contributed by atoms with Crippen molar-refractivity contribution < 1.29 is 24.0 Å². The van der Waals surface area contributed by atoms with E-state index in [1.54, 1.807) is 65.4 Å². The Morgan fingerprint density at radius 3 is 2.47 bits per heavy atom. The summed E-state index contributed by atoms with van der Waals surface area (Å²) in [7, 11) is 1.53. The van der Waals surface area contributed by atoms with Gasteiger partial charge in [0.25, 0.3) is 16.8 Å². The predicted octanol–water partition coefficient (Wildman–Crippen LogP) is 4.07. The normalized spacial score (nSPS) is 14.5. The highest BCUT2D eigenvalue weighted by Gasteiger charge is 2.36. The Bertz CT molecular complexity index is 1300. The number of nitro benzene ring substituents is 1. The molecule has 0 aliphatic carbocycles. The highest BCUT2D eigenvalue weighted by molar-refractivity contribution is 8.18. The zero-order chi connectivity index (χ0) is 24.2. The van der Waals surface area contributed by atoms with Gasteiger partial charge in [-0.2, -0.15) is 0 Å². The van der Waals surface area contributed by atoms with Crippen molar-refractivity contribution in [1.82, 2.24) is 9.47 Å². The van der Waals surface area contributed by atoms with Gasteiger partial charge in [-0.15, -0.1) is 0 Å². The van der Waals surface area contributed by atoms with E-state index in [2.05, 4.69) is 5.32 Å². The molecule has 1 aromatic heterocycles. The average molecular weight is 478 g/mol. The lowest BCUT2D eigenvalue weighted by Crippen LogP contribution is -2.36. The summed E-state index contributed by atoms with van der Waals surface area (Å²) in [5, 5.41) is 13.0. The summed E-state index contributed by atoms with van der Waals surface area (Å²) < 4.78 is 6.80. The summed E-state index contributed by atoms with van der Waals surface area (Å²) in [6.45, 7) is -0.419. The molecule has 10 nitrogen and oxygen atoms in total. The zero-order valence-electron chi connectivity index (χ0n) is 17.8. The van der Waals surface area contributed by atoms with Crippen LogP contribution in [-0.2, 0) is 9.59 Å². The molecule has 1 fully saturated rings. The second-order valence-electron chi connectivity index (χ2n) is 7.12. The van der Waals surface area contributed by atoms with E-state index in [9.17, 15) is 24.5 Å². The largest absolute Gasteiger partial charge is 0.497 e. The smallest absolute Gasteiger partial charge is 0.294 e. The number of carbonyl (C=O) groups excluding carboxylic acids is 3. The van der Waals surface area contributed by atoms with Crippen LogP contribution in [0, 0.1) is 10.1 Å². The Balaban J connectivity index is 1.47. The maximum absolute atomic E-state index is 12.8. The van der Waals surface area contributed by atoms with Gasteiger partial charge in [0, 0.05) is 35.4 Å². The number of non-ortho nitro benzene ring substituents is 1. The Labute approximate surface area is 198 Å². The number of anilines is 1. The van der Waals surface area contributed by atoms with Crippen molar-refractivity contribution >= 4 is 46.3 Å². The average Bonchev–Trinajstić information content (AvgIpc) is 3.39. The predicted molar refractivity (Wildman–Crippen MR) is 127 cm³/mol. The lowest BCUT2D eigenvalue weighted by atomic mass is 10.2. The third kappa shape index (κ3) is 4.84. The lowest BCUT2D eigenvalue weighted by Gasteiger charge is -2.12. The van der Waals surface area contributed by atoms with E-state index in [-0.39, 0.29) is 10.6 Å². The third-order valence-electron chi connectivity index (χ3n) is 4.95. The number of amides is 3. The number of thioether (sulfide) groups is 1. The standard InChI is InChI=1S/C23H18N4O6S/c1-33-19-10-4-15(5-11-19)24-21(28)14-26-22(29)20(34-23(26)30)13-18-3-2-12-25(18)16-6-8-17(9-7-16)27(31)32/h2-13H,14H2,1H3,(H,24,28)/b20-13+. The van der Waals surface area contributed by atoms with E-state index in [1.807, 2.05) is 0 Å². The van der Waals surface area contributed by atoms with Gasteiger partial charge in [-0.1, -0.05) is 0 Å². The number of ether oxygens (including phenoxy) is 1. The number of rotatable bonds is 7. The molecule has 1 aliphatic rings. The first-order chi connectivity index (χ1) is 16.4. The van der Waals surface area contributed by atoms with Gasteiger partial charge in [-0.3, -0.25) is 29.4 Å². The fourth-order valence-electron chi connectivity index (χ4n) is 3.27. The van der Waals surface area contributed by atoms with Gasteiger partial charge in [0.1, 0.15) is 12.3 Å². The monoisotopic (exact) mass is 478 g/mol. The summed E-state index contributed by atoms with van der Waals surface area (Å²) in [5.41, 5.74) is 1.72. The lowest BCUT2D eigenvalue weighted by molar-refractivity contribution is -0.384. The van der Waals surface area contributed by atoms with Crippen molar-refractivity contribution in [3.63, 3.8) is 0 Å². The first kappa shape index (κ1) is 22.8. The van der Waals surface area contributed by atoms with Crippen LogP contribution in [0.4, 0.5) is 16.2 Å². The number of imide groups is 1. The van der Waals surface area contributed by atoms with Crippen LogP contribution in [0.2, 0.25) is 0 Å². The van der Waals surface area contributed by atoms with Crippen LogP contribution in [0.5, 0.6) is 5.75 Å². The molecule has 0 radical (unpaired) electrons. The fraction of sp³-hybridized carbons (Fsp3) is 0.0870. The zero-order valence-corrected chi connectivity index (χ0v) is 18.7. The number of carbonyl (C=O) groups is 3. The molecule has 0 saturated carbocycles. The SMILES string of the molecule is COc1ccc(NC(=O)CN2C(=O)S/C(=C/c3cccn3-c3ccc([N+](=O)[O-])cc3)C2=O)cc1. The molecular weight excluding hydrogens is 460 g/mol. The topological polar surface area (TPSA) is 124 Å². The molecule has 1 aliphatic heterocycles. The molecule has 34 heavy (non-hydrogen) atoms. The Morgan fingerprint density at radius 2 is 1.82 bits per heavy atom. The van der Waals surface area contributed by atoms with Gasteiger partial charge in [0.2, 0.25) is 5.91 Å². The fourth-order valence-corrected chi connectivity index (χ4v) is 4.09. The maximum atomic E-state index is 12.8. The maximum Gasteiger partial charge on any atom is 0.294 e. The molecule has 172 valence electrons. The molecule has 11 heteroatoms. The minimum Gasteiger partial charge on any atom is -0.497 e. The first-order valence-corrected chi connectivity index (χ1v) is 10.8. The summed E-state index contributed by atoms with van der Waals surface area (Å²) >= 11 is 0.743. The van der Waals surface area contributed by atoms with Gasteiger partial charge in [-0.05, 0) is 66.4 Å². The molecule has 1 N–H and O–H groups in total. The molecule has 2 aromatic carbocycles. The van der Waals surface area contributed by atoms with Crippen molar-refractivity contribution in [2.24, 2.45) is 0 Å². The Hall–Kier alpha value is -4.38. The van der Waals surface area contributed by atoms with Crippen LogP contribution in [0.25, 0.3) is 11.8 Å². The van der Waals surface area contributed by atoms with Crippen molar-refractivity contribution in [2.45, 2.75) is 0 Å². The number of hydrogen-bond donors (Lipinski definition) is 1. The Kier molecular flexibility index (Phi) is 6.46. The van der Waals surface area contributed by atoms with E-state index < -0.39 is 28.5 Å².